The molecule has 1 amide bonds. The number of benzene rings is 1. The van der Waals surface area contributed by atoms with Gasteiger partial charge in [0, 0.05) is 37.0 Å². The predicted octanol–water partition coefficient (Wildman–Crippen LogP) is 2.85. The number of nitrogens with one attached hydrogen (secondary N) is 1. The molecule has 0 saturated carbocycles. The van der Waals surface area contributed by atoms with Crippen molar-refractivity contribution in [3.8, 4) is 0 Å². The fourth-order valence-electron chi connectivity index (χ4n) is 3.46. The van der Waals surface area contributed by atoms with Crippen LogP contribution in [-0.2, 0) is 16.6 Å². The van der Waals surface area contributed by atoms with Crippen LogP contribution in [0.3, 0.4) is 0 Å². The molecular formula is C19H26ClN3O2S. The van der Waals surface area contributed by atoms with Gasteiger partial charge in [-0.3, -0.25) is 4.79 Å². The van der Waals surface area contributed by atoms with Crippen LogP contribution in [0.2, 0.25) is 0 Å². The van der Waals surface area contributed by atoms with E-state index in [0.717, 1.165) is 31.1 Å². The van der Waals surface area contributed by atoms with Gasteiger partial charge in [-0.15, -0.1) is 23.7 Å². The van der Waals surface area contributed by atoms with Gasteiger partial charge >= 0.3 is 0 Å². The molecule has 0 unspecified atom stereocenters. The average molecular weight is 396 g/mol. The predicted molar refractivity (Wildman–Crippen MR) is 107 cm³/mol. The summed E-state index contributed by atoms with van der Waals surface area (Å²) < 4.78 is 5.57. The van der Waals surface area contributed by atoms with Crippen molar-refractivity contribution >= 4 is 29.7 Å². The molecule has 0 aliphatic carbocycles. The Hall–Kier alpha value is -1.47. The van der Waals surface area contributed by atoms with E-state index in [9.17, 15) is 4.79 Å². The van der Waals surface area contributed by atoms with Crippen LogP contribution >= 0.6 is 23.7 Å². The largest absolute Gasteiger partial charge is 0.381 e. The molecule has 3 N–H and O–H groups in total. The summed E-state index contributed by atoms with van der Waals surface area (Å²) in [5, 5.41) is 5.83. The van der Waals surface area contributed by atoms with Gasteiger partial charge in [0.05, 0.1) is 5.01 Å². The number of amides is 1. The second kappa shape index (κ2) is 9.46. The molecule has 5 nitrogen and oxygen atoms in total. The molecule has 0 radical (unpaired) electrons. The van der Waals surface area contributed by atoms with Crippen LogP contribution in [0, 0.1) is 6.92 Å². The van der Waals surface area contributed by atoms with Crippen molar-refractivity contribution in [2.24, 2.45) is 5.73 Å². The highest BCUT2D eigenvalue weighted by Gasteiger charge is 2.36. The second-order valence-corrected chi connectivity index (χ2v) is 7.50. The highest BCUT2D eigenvalue weighted by Crippen LogP contribution is 2.36. The zero-order chi connectivity index (χ0) is 17.7. The first kappa shape index (κ1) is 20.8. The zero-order valence-corrected chi connectivity index (χ0v) is 16.6. The molecule has 0 bridgehead atoms. The Morgan fingerprint density at radius 3 is 2.77 bits per heavy atom. The van der Waals surface area contributed by atoms with Crippen molar-refractivity contribution in [2.45, 2.75) is 31.6 Å². The lowest BCUT2D eigenvalue weighted by Crippen LogP contribution is -2.45. The number of nitrogens with two attached hydrogens (primary N) is 1. The number of aryl methyl sites for hydroxylation is 1. The molecular weight excluding hydrogens is 370 g/mol. The van der Waals surface area contributed by atoms with Crippen molar-refractivity contribution in [3.63, 3.8) is 0 Å². The van der Waals surface area contributed by atoms with E-state index in [2.05, 4.69) is 41.5 Å². The zero-order valence-electron chi connectivity index (χ0n) is 15.0. The normalized spacial score (nSPS) is 15.9. The maximum Gasteiger partial charge on any atom is 0.270 e. The van der Waals surface area contributed by atoms with E-state index in [0.29, 0.717) is 25.2 Å². The molecule has 1 aliphatic heterocycles. The minimum Gasteiger partial charge on any atom is -0.381 e. The quantitative estimate of drug-likeness (QED) is 0.788. The number of hydrogen-bond acceptors (Lipinski definition) is 5. The van der Waals surface area contributed by atoms with E-state index >= 15 is 0 Å². The van der Waals surface area contributed by atoms with Gasteiger partial charge in [-0.2, -0.15) is 0 Å². The number of nitrogens with zero attached hydrogens (tertiary/aromatic N) is 1. The molecule has 1 aromatic carbocycles. The summed E-state index contributed by atoms with van der Waals surface area (Å²) in [6.45, 7) is 4.73. The van der Waals surface area contributed by atoms with Crippen molar-refractivity contribution in [1.82, 2.24) is 10.3 Å². The Morgan fingerprint density at radius 2 is 2.08 bits per heavy atom. The standard InChI is InChI=1S/C19H25N3O2S.ClH/c1-14-4-2-3-5-15(14)19(7-10-24-11-8-19)13-21-18(23)16-12-25-17(22-16)6-9-20;/h2-5,12H,6-11,13,20H2,1H3,(H,21,23);1H. The maximum atomic E-state index is 12.5. The van der Waals surface area contributed by atoms with E-state index in [1.165, 1.54) is 22.5 Å². The lowest BCUT2D eigenvalue weighted by atomic mass is 9.72. The van der Waals surface area contributed by atoms with Crippen LogP contribution in [0.25, 0.3) is 0 Å². The lowest BCUT2D eigenvalue weighted by molar-refractivity contribution is 0.0485. The Kier molecular flexibility index (Phi) is 7.58. The van der Waals surface area contributed by atoms with Gasteiger partial charge in [0.15, 0.2) is 0 Å². The number of carbonyl (C=O) groups is 1. The number of aromatic nitrogens is 1. The van der Waals surface area contributed by atoms with Crippen LogP contribution in [-0.4, -0.2) is 37.2 Å². The van der Waals surface area contributed by atoms with Crippen molar-refractivity contribution < 1.29 is 9.53 Å². The van der Waals surface area contributed by atoms with E-state index in [4.69, 9.17) is 10.5 Å². The third-order valence-corrected chi connectivity index (χ3v) is 5.80. The summed E-state index contributed by atoms with van der Waals surface area (Å²) in [7, 11) is 0. The lowest BCUT2D eigenvalue weighted by Gasteiger charge is -2.38. The topological polar surface area (TPSA) is 77.2 Å². The van der Waals surface area contributed by atoms with Gasteiger partial charge in [-0.05, 0) is 37.4 Å². The van der Waals surface area contributed by atoms with Gasteiger partial charge in [-0.25, -0.2) is 4.98 Å². The molecule has 3 rings (SSSR count). The van der Waals surface area contributed by atoms with Crippen LogP contribution in [0.5, 0.6) is 0 Å². The fraction of sp³-hybridized carbons (Fsp3) is 0.474. The van der Waals surface area contributed by atoms with E-state index < -0.39 is 0 Å². The van der Waals surface area contributed by atoms with E-state index in [1.807, 2.05) is 5.38 Å². The first-order valence-electron chi connectivity index (χ1n) is 8.71. The molecule has 1 aliphatic rings. The van der Waals surface area contributed by atoms with Crippen molar-refractivity contribution in [3.05, 3.63) is 51.5 Å². The van der Waals surface area contributed by atoms with Crippen molar-refractivity contribution in [2.75, 3.05) is 26.3 Å². The summed E-state index contributed by atoms with van der Waals surface area (Å²) in [4.78, 5) is 16.9. The number of thiazole rings is 1. The van der Waals surface area contributed by atoms with Gasteiger partial charge in [0.25, 0.3) is 5.91 Å². The Labute approximate surface area is 164 Å². The maximum absolute atomic E-state index is 12.5. The molecule has 7 heteroatoms. The Morgan fingerprint density at radius 1 is 1.35 bits per heavy atom. The number of hydrogen-bond donors (Lipinski definition) is 2. The van der Waals surface area contributed by atoms with Gasteiger partial charge in [-0.1, -0.05) is 24.3 Å². The molecule has 2 heterocycles. The molecule has 0 spiro atoms. The minimum atomic E-state index is -0.112. The summed E-state index contributed by atoms with van der Waals surface area (Å²) >= 11 is 1.49. The SMILES string of the molecule is Cc1ccccc1C1(CNC(=O)c2csc(CCN)n2)CCOCC1.Cl. The smallest absolute Gasteiger partial charge is 0.270 e. The first-order valence-corrected chi connectivity index (χ1v) is 9.59. The molecule has 1 fully saturated rings. The first-order chi connectivity index (χ1) is 12.1. The number of halogens is 1. The van der Waals surface area contributed by atoms with Crippen LogP contribution in [0.4, 0.5) is 0 Å². The summed E-state index contributed by atoms with van der Waals surface area (Å²) in [6.07, 6.45) is 2.53. The van der Waals surface area contributed by atoms with Crippen molar-refractivity contribution in [1.29, 1.82) is 0 Å². The second-order valence-electron chi connectivity index (χ2n) is 6.56. The van der Waals surface area contributed by atoms with E-state index in [1.54, 1.807) is 0 Å². The summed E-state index contributed by atoms with van der Waals surface area (Å²) in [5.74, 6) is -0.112. The van der Waals surface area contributed by atoms with Gasteiger partial charge in [0.2, 0.25) is 0 Å². The fourth-order valence-corrected chi connectivity index (χ4v) is 4.26. The molecule has 1 saturated heterocycles. The summed E-state index contributed by atoms with van der Waals surface area (Å²) in [6, 6.07) is 8.43. The number of carbonyl (C=O) groups excluding carboxylic acids is 1. The number of rotatable bonds is 6. The Bertz CT molecular complexity index is 729. The molecule has 26 heavy (non-hydrogen) atoms. The highest BCUT2D eigenvalue weighted by molar-refractivity contribution is 7.09. The van der Waals surface area contributed by atoms with Gasteiger partial charge < -0.3 is 15.8 Å². The molecule has 1 aromatic heterocycles. The average Bonchev–Trinajstić information content (AvgIpc) is 3.10. The highest BCUT2D eigenvalue weighted by atomic mass is 35.5. The van der Waals surface area contributed by atoms with Crippen LogP contribution in [0.1, 0.15) is 39.5 Å². The summed E-state index contributed by atoms with van der Waals surface area (Å²) in [5.41, 5.74) is 8.53. The van der Waals surface area contributed by atoms with Crippen LogP contribution < -0.4 is 11.1 Å². The molecule has 0 atom stereocenters. The van der Waals surface area contributed by atoms with E-state index in [-0.39, 0.29) is 23.7 Å². The minimum absolute atomic E-state index is 0. The Balaban J connectivity index is 0.00000243. The third-order valence-electron chi connectivity index (χ3n) is 4.90. The monoisotopic (exact) mass is 395 g/mol. The molecule has 2 aromatic rings. The van der Waals surface area contributed by atoms with Crippen LogP contribution in [0.15, 0.2) is 29.6 Å². The molecule has 142 valence electrons. The third kappa shape index (κ3) is 4.62. The van der Waals surface area contributed by atoms with Gasteiger partial charge in [0.1, 0.15) is 5.69 Å². The number of ether oxygens (including phenoxy) is 1.